The van der Waals surface area contributed by atoms with Gasteiger partial charge in [0.1, 0.15) is 0 Å². The van der Waals surface area contributed by atoms with Gasteiger partial charge in [-0.25, -0.2) is 9.97 Å². The Labute approximate surface area is 107 Å². The van der Waals surface area contributed by atoms with Crippen LogP contribution in [0.1, 0.15) is 26.3 Å². The number of hydrogen-bond donors (Lipinski definition) is 2. The number of anilines is 3. The molecule has 1 heterocycles. The second-order valence-corrected chi connectivity index (χ2v) is 5.24. The molecule has 1 aromatic heterocycles. The fourth-order valence-corrected chi connectivity index (χ4v) is 1.64. The Hall–Kier alpha value is -2.10. The van der Waals surface area contributed by atoms with Gasteiger partial charge < -0.3 is 11.1 Å². The number of aromatic nitrogens is 2. The highest BCUT2D eigenvalue weighted by Crippen LogP contribution is 2.25. The minimum Gasteiger partial charge on any atom is -0.381 e. The fraction of sp³-hybridized carbons (Fsp3) is 0.286. The van der Waals surface area contributed by atoms with Crippen molar-refractivity contribution in [3.8, 4) is 0 Å². The zero-order chi connectivity index (χ0) is 13.2. The van der Waals surface area contributed by atoms with Crippen molar-refractivity contribution in [2.45, 2.75) is 26.2 Å². The maximum Gasteiger partial charge on any atom is 0.173 e. The predicted molar refractivity (Wildman–Crippen MR) is 74.9 cm³/mol. The van der Waals surface area contributed by atoms with Crippen molar-refractivity contribution >= 4 is 17.3 Å². The summed E-state index contributed by atoms with van der Waals surface area (Å²) in [6, 6.07) is 8.26. The van der Waals surface area contributed by atoms with E-state index in [1.807, 2.05) is 12.1 Å². The summed E-state index contributed by atoms with van der Waals surface area (Å²) in [5.74, 6) is 0.985. The smallest absolute Gasteiger partial charge is 0.173 e. The molecule has 0 amide bonds. The van der Waals surface area contributed by atoms with Gasteiger partial charge in [0.25, 0.3) is 0 Å². The molecule has 4 nitrogen and oxygen atoms in total. The van der Waals surface area contributed by atoms with Crippen LogP contribution in [0.3, 0.4) is 0 Å². The number of rotatable bonds is 2. The zero-order valence-corrected chi connectivity index (χ0v) is 10.9. The maximum atomic E-state index is 5.73. The third kappa shape index (κ3) is 2.77. The van der Waals surface area contributed by atoms with Crippen LogP contribution in [0.5, 0.6) is 0 Å². The number of nitrogens with zero attached hydrogens (tertiary/aromatic N) is 2. The molecule has 1 aromatic carbocycles. The number of nitrogen functional groups attached to an aromatic ring is 1. The molecule has 2 rings (SSSR count). The summed E-state index contributed by atoms with van der Waals surface area (Å²) in [5, 5.41) is 3.15. The van der Waals surface area contributed by atoms with E-state index in [4.69, 9.17) is 5.73 Å². The van der Waals surface area contributed by atoms with E-state index >= 15 is 0 Å². The van der Waals surface area contributed by atoms with Gasteiger partial charge in [0.15, 0.2) is 11.6 Å². The highest BCUT2D eigenvalue weighted by Gasteiger charge is 2.12. The minimum absolute atomic E-state index is 0.157. The Bertz CT molecular complexity index is 526. The molecule has 0 fully saturated rings. The van der Waals surface area contributed by atoms with Gasteiger partial charge in [-0.15, -0.1) is 0 Å². The third-order valence-corrected chi connectivity index (χ3v) is 2.74. The minimum atomic E-state index is 0.157. The van der Waals surface area contributed by atoms with Gasteiger partial charge in [-0.05, 0) is 23.1 Å². The van der Waals surface area contributed by atoms with Crippen molar-refractivity contribution in [2.24, 2.45) is 0 Å². The molecular formula is C14H18N4. The average Bonchev–Trinajstić information content (AvgIpc) is 2.32. The zero-order valence-electron chi connectivity index (χ0n) is 10.9. The summed E-state index contributed by atoms with van der Waals surface area (Å²) in [4.78, 5) is 8.13. The van der Waals surface area contributed by atoms with Crippen LogP contribution in [-0.4, -0.2) is 9.97 Å². The molecule has 94 valence electrons. The molecule has 0 bridgehead atoms. The van der Waals surface area contributed by atoms with Crippen LogP contribution in [0.25, 0.3) is 0 Å². The number of hydrogen-bond acceptors (Lipinski definition) is 4. The maximum absolute atomic E-state index is 5.73. The first kappa shape index (κ1) is 12.4. The molecule has 18 heavy (non-hydrogen) atoms. The van der Waals surface area contributed by atoms with E-state index in [0.717, 1.165) is 5.69 Å². The molecule has 0 saturated heterocycles. The summed E-state index contributed by atoms with van der Waals surface area (Å²) in [7, 11) is 0. The molecule has 0 saturated carbocycles. The Kier molecular flexibility index (Phi) is 3.19. The molecular weight excluding hydrogens is 224 g/mol. The summed E-state index contributed by atoms with van der Waals surface area (Å²) in [6.45, 7) is 6.57. The Morgan fingerprint density at radius 2 is 1.61 bits per heavy atom. The molecule has 0 spiro atoms. The molecule has 0 atom stereocenters. The summed E-state index contributed by atoms with van der Waals surface area (Å²) in [6.07, 6.45) is 3.19. The van der Waals surface area contributed by atoms with Crippen LogP contribution in [-0.2, 0) is 5.41 Å². The van der Waals surface area contributed by atoms with E-state index in [2.05, 4.69) is 48.2 Å². The van der Waals surface area contributed by atoms with Gasteiger partial charge >= 0.3 is 0 Å². The van der Waals surface area contributed by atoms with Gasteiger partial charge in [-0.3, -0.25) is 0 Å². The van der Waals surface area contributed by atoms with Crippen molar-refractivity contribution in [3.05, 3.63) is 42.2 Å². The third-order valence-electron chi connectivity index (χ3n) is 2.74. The van der Waals surface area contributed by atoms with Crippen LogP contribution in [0, 0.1) is 0 Å². The van der Waals surface area contributed by atoms with E-state index in [-0.39, 0.29) is 5.41 Å². The van der Waals surface area contributed by atoms with Crippen LogP contribution in [0.4, 0.5) is 17.3 Å². The lowest BCUT2D eigenvalue weighted by atomic mass is 9.87. The van der Waals surface area contributed by atoms with Gasteiger partial charge in [0.2, 0.25) is 0 Å². The van der Waals surface area contributed by atoms with Crippen LogP contribution >= 0.6 is 0 Å². The number of benzene rings is 1. The van der Waals surface area contributed by atoms with Crippen molar-refractivity contribution in [1.29, 1.82) is 0 Å². The molecule has 3 N–H and O–H groups in total. The van der Waals surface area contributed by atoms with Crippen LogP contribution in [0.2, 0.25) is 0 Å². The fourth-order valence-electron chi connectivity index (χ4n) is 1.64. The van der Waals surface area contributed by atoms with E-state index in [0.29, 0.717) is 11.6 Å². The SMILES string of the molecule is CC(C)(C)c1ccc(Nc2nccnc2N)cc1. The average molecular weight is 242 g/mol. The summed E-state index contributed by atoms with van der Waals surface area (Å²) in [5.41, 5.74) is 8.13. The second kappa shape index (κ2) is 4.64. The molecule has 0 aliphatic carbocycles. The molecule has 0 aliphatic heterocycles. The molecule has 4 heteroatoms. The first-order valence-electron chi connectivity index (χ1n) is 5.91. The topological polar surface area (TPSA) is 63.8 Å². The van der Waals surface area contributed by atoms with Crippen LogP contribution in [0.15, 0.2) is 36.7 Å². The molecule has 0 aliphatic rings. The lowest BCUT2D eigenvalue weighted by molar-refractivity contribution is 0.590. The van der Waals surface area contributed by atoms with E-state index in [9.17, 15) is 0 Å². The predicted octanol–water partition coefficient (Wildman–Crippen LogP) is 3.10. The number of nitrogens with two attached hydrogens (primary N) is 1. The Morgan fingerprint density at radius 3 is 2.17 bits per heavy atom. The summed E-state index contributed by atoms with van der Waals surface area (Å²) >= 11 is 0. The molecule has 2 aromatic rings. The van der Waals surface area contributed by atoms with Crippen LogP contribution < -0.4 is 11.1 Å². The van der Waals surface area contributed by atoms with Gasteiger partial charge in [0, 0.05) is 18.1 Å². The van der Waals surface area contributed by atoms with E-state index in [1.54, 1.807) is 12.4 Å². The van der Waals surface area contributed by atoms with E-state index in [1.165, 1.54) is 5.56 Å². The quantitative estimate of drug-likeness (QED) is 0.849. The number of nitrogens with one attached hydrogen (secondary N) is 1. The van der Waals surface area contributed by atoms with Gasteiger partial charge in [-0.1, -0.05) is 32.9 Å². The van der Waals surface area contributed by atoms with Gasteiger partial charge in [-0.2, -0.15) is 0 Å². The van der Waals surface area contributed by atoms with Crippen molar-refractivity contribution in [1.82, 2.24) is 9.97 Å². The highest BCUT2D eigenvalue weighted by atomic mass is 15.0. The standard InChI is InChI=1S/C14H18N4/c1-14(2,3)10-4-6-11(7-5-10)18-13-12(15)16-8-9-17-13/h4-9H,1-3H3,(H2,15,16)(H,17,18). The second-order valence-electron chi connectivity index (χ2n) is 5.24. The highest BCUT2D eigenvalue weighted by molar-refractivity contribution is 5.65. The molecule has 0 radical (unpaired) electrons. The first-order valence-corrected chi connectivity index (χ1v) is 5.91. The van der Waals surface area contributed by atoms with E-state index < -0.39 is 0 Å². The Balaban J connectivity index is 2.19. The van der Waals surface area contributed by atoms with Crippen molar-refractivity contribution in [3.63, 3.8) is 0 Å². The molecule has 0 unspecified atom stereocenters. The monoisotopic (exact) mass is 242 g/mol. The normalized spacial score (nSPS) is 11.3. The Morgan fingerprint density at radius 1 is 1.00 bits per heavy atom. The van der Waals surface area contributed by atoms with Crippen molar-refractivity contribution in [2.75, 3.05) is 11.1 Å². The summed E-state index contributed by atoms with van der Waals surface area (Å²) < 4.78 is 0. The lowest BCUT2D eigenvalue weighted by Gasteiger charge is -2.19. The largest absolute Gasteiger partial charge is 0.381 e. The first-order chi connectivity index (χ1) is 8.47. The lowest BCUT2D eigenvalue weighted by Crippen LogP contribution is -2.10. The van der Waals surface area contributed by atoms with Crippen molar-refractivity contribution < 1.29 is 0 Å². The van der Waals surface area contributed by atoms with Gasteiger partial charge in [0.05, 0.1) is 0 Å².